The Morgan fingerprint density at radius 2 is 1.88 bits per heavy atom. The zero-order valence-corrected chi connectivity index (χ0v) is 13.4. The fourth-order valence-electron chi connectivity index (χ4n) is 2.48. The first kappa shape index (κ1) is 16.4. The van der Waals surface area contributed by atoms with Gasteiger partial charge in [-0.25, -0.2) is 9.97 Å². The van der Waals surface area contributed by atoms with Crippen molar-refractivity contribution in [3.63, 3.8) is 0 Å². The van der Waals surface area contributed by atoms with Crippen molar-refractivity contribution in [2.45, 2.75) is 0 Å². The largest absolute Gasteiger partial charge is 0.342 e. The van der Waals surface area contributed by atoms with E-state index in [1.165, 1.54) is 0 Å². The van der Waals surface area contributed by atoms with Gasteiger partial charge in [0, 0.05) is 38.1 Å². The van der Waals surface area contributed by atoms with E-state index in [4.69, 9.17) is 5.26 Å². The summed E-state index contributed by atoms with van der Waals surface area (Å²) >= 11 is 0. The smallest absolute Gasteiger partial charge is 0.274 e. The second kappa shape index (κ2) is 7.40. The molecule has 2 heterocycles. The van der Waals surface area contributed by atoms with E-state index in [0.29, 0.717) is 43.4 Å². The molecule has 2 aromatic rings. The van der Waals surface area contributed by atoms with Gasteiger partial charge in [-0.1, -0.05) is 0 Å². The molecule has 25 heavy (non-hydrogen) atoms. The molecule has 0 saturated carbocycles. The summed E-state index contributed by atoms with van der Waals surface area (Å²) in [5, 5.41) is 11.5. The number of anilines is 2. The second-order valence-electron chi connectivity index (χ2n) is 5.51. The minimum atomic E-state index is -0.347. The summed E-state index contributed by atoms with van der Waals surface area (Å²) in [4.78, 5) is 35.3. The van der Waals surface area contributed by atoms with Crippen molar-refractivity contribution in [2.24, 2.45) is 0 Å². The molecule has 3 rings (SSSR count). The molecule has 0 bridgehead atoms. The van der Waals surface area contributed by atoms with Gasteiger partial charge in [-0.05, 0) is 30.3 Å². The van der Waals surface area contributed by atoms with Crippen LogP contribution in [0.25, 0.3) is 0 Å². The number of hydrogen-bond donors (Lipinski definition) is 1. The standard InChI is InChI=1S/C17H16N6O2/c18-11-13-1-3-14(4-2-13)20-16(25)15-5-6-19-17(21-15)23-9-7-22(12-24)8-10-23/h1-6,12H,7-10H2,(H,20,25). The predicted octanol–water partition coefficient (Wildman–Crippen LogP) is 0.879. The van der Waals surface area contributed by atoms with E-state index in [9.17, 15) is 9.59 Å². The van der Waals surface area contributed by atoms with Gasteiger partial charge in [0.1, 0.15) is 5.69 Å². The third kappa shape index (κ3) is 3.90. The van der Waals surface area contributed by atoms with Gasteiger partial charge >= 0.3 is 0 Å². The number of amides is 2. The average molecular weight is 336 g/mol. The highest BCUT2D eigenvalue weighted by Gasteiger charge is 2.19. The highest BCUT2D eigenvalue weighted by molar-refractivity contribution is 6.03. The topological polar surface area (TPSA) is 102 Å². The Morgan fingerprint density at radius 1 is 1.16 bits per heavy atom. The Hall–Kier alpha value is -3.47. The number of piperazine rings is 1. The Bertz CT molecular complexity index is 807. The summed E-state index contributed by atoms with van der Waals surface area (Å²) in [5.41, 5.74) is 1.37. The molecule has 2 amide bonds. The van der Waals surface area contributed by atoms with Gasteiger partial charge in [-0.15, -0.1) is 0 Å². The minimum Gasteiger partial charge on any atom is -0.342 e. The van der Waals surface area contributed by atoms with Crippen LogP contribution in [-0.4, -0.2) is 53.4 Å². The molecule has 1 aromatic carbocycles. The third-order valence-electron chi connectivity index (χ3n) is 3.89. The molecule has 1 saturated heterocycles. The first-order valence-electron chi connectivity index (χ1n) is 7.78. The molecule has 0 radical (unpaired) electrons. The van der Waals surface area contributed by atoms with E-state index in [2.05, 4.69) is 15.3 Å². The van der Waals surface area contributed by atoms with Crippen molar-refractivity contribution in [2.75, 3.05) is 36.4 Å². The zero-order valence-electron chi connectivity index (χ0n) is 13.4. The van der Waals surface area contributed by atoms with Gasteiger partial charge in [-0.3, -0.25) is 9.59 Å². The van der Waals surface area contributed by atoms with Gasteiger partial charge in [0.05, 0.1) is 11.6 Å². The van der Waals surface area contributed by atoms with E-state index in [1.807, 2.05) is 11.0 Å². The van der Waals surface area contributed by atoms with Crippen LogP contribution >= 0.6 is 0 Å². The van der Waals surface area contributed by atoms with Crippen LogP contribution in [0.1, 0.15) is 16.1 Å². The summed E-state index contributed by atoms with van der Waals surface area (Å²) in [6.07, 6.45) is 2.38. The highest BCUT2D eigenvalue weighted by atomic mass is 16.2. The number of rotatable bonds is 4. The SMILES string of the molecule is N#Cc1ccc(NC(=O)c2ccnc(N3CCN(C=O)CC3)n2)cc1. The van der Waals surface area contributed by atoms with Crippen LogP contribution in [0.5, 0.6) is 0 Å². The van der Waals surface area contributed by atoms with Crippen LogP contribution in [0.4, 0.5) is 11.6 Å². The Morgan fingerprint density at radius 3 is 2.52 bits per heavy atom. The van der Waals surface area contributed by atoms with Crippen LogP contribution in [0.3, 0.4) is 0 Å². The van der Waals surface area contributed by atoms with Crippen LogP contribution in [0, 0.1) is 11.3 Å². The number of nitriles is 1. The molecule has 126 valence electrons. The quantitative estimate of drug-likeness (QED) is 0.832. The molecule has 1 N–H and O–H groups in total. The van der Waals surface area contributed by atoms with Crippen molar-refractivity contribution in [3.05, 3.63) is 47.8 Å². The summed E-state index contributed by atoms with van der Waals surface area (Å²) in [7, 11) is 0. The maximum absolute atomic E-state index is 12.4. The van der Waals surface area contributed by atoms with E-state index >= 15 is 0 Å². The molecule has 0 atom stereocenters. The maximum atomic E-state index is 12.4. The molecule has 8 heteroatoms. The molecule has 1 aliphatic rings. The number of aromatic nitrogens is 2. The minimum absolute atomic E-state index is 0.257. The predicted molar refractivity (Wildman–Crippen MR) is 91.0 cm³/mol. The van der Waals surface area contributed by atoms with Gasteiger partial charge in [-0.2, -0.15) is 5.26 Å². The fraction of sp³-hybridized carbons (Fsp3) is 0.235. The molecule has 8 nitrogen and oxygen atoms in total. The lowest BCUT2D eigenvalue weighted by atomic mass is 10.2. The van der Waals surface area contributed by atoms with Gasteiger partial charge in [0.2, 0.25) is 12.4 Å². The van der Waals surface area contributed by atoms with Gasteiger partial charge in [0.25, 0.3) is 5.91 Å². The number of nitrogens with one attached hydrogen (secondary N) is 1. The molecule has 1 aromatic heterocycles. The molecule has 0 aliphatic carbocycles. The van der Waals surface area contributed by atoms with Crippen LogP contribution < -0.4 is 10.2 Å². The summed E-state index contributed by atoms with van der Waals surface area (Å²) < 4.78 is 0. The van der Waals surface area contributed by atoms with E-state index in [0.717, 1.165) is 6.41 Å². The Labute approximate surface area is 144 Å². The van der Waals surface area contributed by atoms with Crippen molar-refractivity contribution in [1.82, 2.24) is 14.9 Å². The highest BCUT2D eigenvalue weighted by Crippen LogP contribution is 2.13. The number of benzene rings is 1. The van der Waals surface area contributed by atoms with E-state index in [1.54, 1.807) is 41.4 Å². The molecular formula is C17H16N6O2. The monoisotopic (exact) mass is 336 g/mol. The average Bonchev–Trinajstić information content (AvgIpc) is 2.68. The first-order chi connectivity index (χ1) is 12.2. The van der Waals surface area contributed by atoms with Crippen LogP contribution in [0.15, 0.2) is 36.5 Å². The lowest BCUT2D eigenvalue weighted by Gasteiger charge is -2.32. The number of nitrogens with zero attached hydrogens (tertiary/aromatic N) is 5. The number of hydrogen-bond acceptors (Lipinski definition) is 6. The summed E-state index contributed by atoms with van der Waals surface area (Å²) in [5.74, 6) is 0.123. The molecule has 0 unspecified atom stereocenters. The van der Waals surface area contributed by atoms with E-state index in [-0.39, 0.29) is 11.6 Å². The first-order valence-corrected chi connectivity index (χ1v) is 7.78. The Balaban J connectivity index is 1.69. The van der Waals surface area contributed by atoms with Crippen molar-refractivity contribution in [3.8, 4) is 6.07 Å². The normalized spacial score (nSPS) is 13.9. The van der Waals surface area contributed by atoms with Gasteiger partial charge < -0.3 is 15.1 Å². The molecule has 1 fully saturated rings. The van der Waals surface area contributed by atoms with Crippen molar-refractivity contribution in [1.29, 1.82) is 5.26 Å². The molecule has 0 spiro atoms. The fourth-order valence-corrected chi connectivity index (χ4v) is 2.48. The van der Waals surface area contributed by atoms with Crippen LogP contribution in [0.2, 0.25) is 0 Å². The lowest BCUT2D eigenvalue weighted by molar-refractivity contribution is -0.118. The zero-order chi connectivity index (χ0) is 17.6. The van der Waals surface area contributed by atoms with Gasteiger partial charge in [0.15, 0.2) is 0 Å². The molecular weight excluding hydrogens is 320 g/mol. The molecule has 1 aliphatic heterocycles. The summed E-state index contributed by atoms with van der Waals surface area (Å²) in [6.45, 7) is 2.46. The number of carbonyl (C=O) groups is 2. The van der Waals surface area contributed by atoms with E-state index < -0.39 is 0 Å². The maximum Gasteiger partial charge on any atom is 0.274 e. The Kier molecular flexibility index (Phi) is 4.85. The lowest BCUT2D eigenvalue weighted by Crippen LogP contribution is -2.46. The van der Waals surface area contributed by atoms with Crippen molar-refractivity contribution >= 4 is 24.0 Å². The second-order valence-corrected chi connectivity index (χ2v) is 5.51. The van der Waals surface area contributed by atoms with Crippen molar-refractivity contribution < 1.29 is 9.59 Å². The summed E-state index contributed by atoms with van der Waals surface area (Å²) in [6, 6.07) is 10.2. The van der Waals surface area contributed by atoms with Crippen LogP contribution in [-0.2, 0) is 4.79 Å². The third-order valence-corrected chi connectivity index (χ3v) is 3.89. The number of carbonyl (C=O) groups excluding carboxylic acids is 2.